The molecule has 0 aliphatic carbocycles. The number of hydrogen-bond acceptors (Lipinski definition) is 3. The molecular formula is C35H15F6N5. The van der Waals surface area contributed by atoms with Gasteiger partial charge in [-0.3, -0.25) is 0 Å². The molecular weight excluding hydrogens is 604 g/mol. The average molecular weight is 620 g/mol. The lowest BCUT2D eigenvalue weighted by Crippen LogP contribution is -2.09. The van der Waals surface area contributed by atoms with Gasteiger partial charge in [0.1, 0.15) is 23.8 Å². The zero-order valence-corrected chi connectivity index (χ0v) is 23.2. The van der Waals surface area contributed by atoms with Crippen LogP contribution in [0, 0.1) is 34.0 Å². The quantitative estimate of drug-likeness (QED) is 0.181. The highest BCUT2D eigenvalue weighted by molar-refractivity contribution is 6.11. The molecule has 2 heterocycles. The van der Waals surface area contributed by atoms with Crippen molar-refractivity contribution >= 4 is 43.6 Å². The Labute approximate surface area is 255 Å². The largest absolute Gasteiger partial charge is 0.416 e. The third kappa shape index (κ3) is 4.08. The number of halogens is 6. The molecule has 222 valence electrons. The average Bonchev–Trinajstić information content (AvgIpc) is 3.54. The summed E-state index contributed by atoms with van der Waals surface area (Å²) in [6, 6.07) is 27.0. The van der Waals surface area contributed by atoms with E-state index in [1.54, 1.807) is 48.5 Å². The van der Waals surface area contributed by atoms with Crippen molar-refractivity contribution < 1.29 is 26.3 Å². The lowest BCUT2D eigenvalue weighted by atomic mass is 9.99. The number of rotatable bonds is 2. The van der Waals surface area contributed by atoms with Crippen LogP contribution in [0.2, 0.25) is 0 Å². The molecule has 0 unspecified atom stereocenters. The number of nitrogens with zero attached hydrogens (tertiary/aromatic N) is 5. The molecule has 2 aromatic heterocycles. The van der Waals surface area contributed by atoms with Crippen molar-refractivity contribution in [1.82, 2.24) is 9.13 Å². The Bertz CT molecular complexity index is 2380. The Morgan fingerprint density at radius 3 is 1.22 bits per heavy atom. The molecule has 0 saturated heterocycles. The highest BCUT2D eigenvalue weighted by Crippen LogP contribution is 2.42. The molecule has 0 aliphatic heterocycles. The summed E-state index contributed by atoms with van der Waals surface area (Å²) >= 11 is 0. The lowest BCUT2D eigenvalue weighted by molar-refractivity contribution is -0.138. The van der Waals surface area contributed by atoms with Crippen LogP contribution in [0.15, 0.2) is 91.0 Å². The van der Waals surface area contributed by atoms with Gasteiger partial charge in [-0.05, 0) is 54.6 Å². The Morgan fingerprint density at radius 1 is 0.457 bits per heavy atom. The highest BCUT2D eigenvalue weighted by atomic mass is 19.4. The second-order valence-corrected chi connectivity index (χ2v) is 10.5. The second-order valence-electron chi connectivity index (χ2n) is 10.5. The summed E-state index contributed by atoms with van der Waals surface area (Å²) in [5.74, 6) is 0. The van der Waals surface area contributed by atoms with E-state index in [1.807, 2.05) is 12.1 Å². The number of aromatic nitrogens is 2. The van der Waals surface area contributed by atoms with E-state index in [2.05, 4.69) is 6.07 Å². The fourth-order valence-corrected chi connectivity index (χ4v) is 6.18. The summed E-state index contributed by atoms with van der Waals surface area (Å²) in [4.78, 5) is 0. The molecule has 11 heteroatoms. The summed E-state index contributed by atoms with van der Waals surface area (Å²) < 4.78 is 85.4. The number of alkyl halides is 6. The minimum atomic E-state index is -4.63. The summed E-state index contributed by atoms with van der Waals surface area (Å²) in [6.45, 7) is 0. The third-order valence-electron chi connectivity index (χ3n) is 8.07. The first kappa shape index (κ1) is 28.5. The van der Waals surface area contributed by atoms with E-state index in [0.29, 0.717) is 21.8 Å². The molecule has 0 amide bonds. The summed E-state index contributed by atoms with van der Waals surface area (Å²) in [5, 5.41) is 32.6. The van der Waals surface area contributed by atoms with Gasteiger partial charge in [0, 0.05) is 21.5 Å². The number of nitriles is 3. The van der Waals surface area contributed by atoms with Crippen molar-refractivity contribution in [2.24, 2.45) is 0 Å². The predicted molar refractivity (Wildman–Crippen MR) is 159 cm³/mol. The van der Waals surface area contributed by atoms with Crippen LogP contribution in [0.5, 0.6) is 0 Å². The minimum Gasteiger partial charge on any atom is -0.307 e. The maximum absolute atomic E-state index is 13.7. The van der Waals surface area contributed by atoms with E-state index in [9.17, 15) is 42.1 Å². The number of para-hydroxylation sites is 2. The van der Waals surface area contributed by atoms with Crippen LogP contribution >= 0.6 is 0 Å². The van der Waals surface area contributed by atoms with Gasteiger partial charge in [-0.2, -0.15) is 42.1 Å². The van der Waals surface area contributed by atoms with Crippen molar-refractivity contribution in [3.63, 3.8) is 0 Å². The van der Waals surface area contributed by atoms with Crippen LogP contribution in [0.25, 0.3) is 55.0 Å². The first-order valence-electron chi connectivity index (χ1n) is 13.6. The zero-order valence-electron chi connectivity index (χ0n) is 23.2. The first-order valence-corrected chi connectivity index (χ1v) is 13.6. The lowest BCUT2D eigenvalue weighted by Gasteiger charge is -2.19. The van der Waals surface area contributed by atoms with Gasteiger partial charge in [0.05, 0.1) is 55.7 Å². The van der Waals surface area contributed by atoms with E-state index < -0.39 is 23.5 Å². The second kappa shape index (κ2) is 9.88. The van der Waals surface area contributed by atoms with Crippen molar-refractivity contribution in [1.29, 1.82) is 15.8 Å². The van der Waals surface area contributed by atoms with E-state index in [1.165, 1.54) is 27.3 Å². The number of fused-ring (bicyclic) bond motifs is 6. The molecule has 7 rings (SSSR count). The Balaban J connectivity index is 1.66. The molecule has 0 bridgehead atoms. The standard InChI is InChI=1S/C35H15F6N5/c36-34(37,38)21-9-11-30-25(14-21)23-5-1-3-7-28(23)45(30)32-19(16-42)13-20(17-43)33(27(32)18-44)46-29-8-4-2-6-24(29)26-15-22(35(39,40)41)10-12-31(26)46/h1-15H. The molecule has 0 radical (unpaired) electrons. The summed E-state index contributed by atoms with van der Waals surface area (Å²) in [7, 11) is 0. The SMILES string of the molecule is N#Cc1cc(C#N)c(-n2c3ccccc3c3cc(C(F)(F)F)ccc32)c(C#N)c1-n1c2ccccc2c2cc(C(F)(F)F)ccc21. The zero-order chi connectivity index (χ0) is 32.5. The van der Waals surface area contributed by atoms with E-state index in [-0.39, 0.29) is 49.9 Å². The van der Waals surface area contributed by atoms with E-state index in [0.717, 1.165) is 24.3 Å². The van der Waals surface area contributed by atoms with Crippen LogP contribution in [-0.2, 0) is 12.4 Å². The van der Waals surface area contributed by atoms with Crippen molar-refractivity contribution in [2.45, 2.75) is 12.4 Å². The van der Waals surface area contributed by atoms with Gasteiger partial charge in [0.25, 0.3) is 0 Å². The number of hydrogen-bond donors (Lipinski definition) is 0. The Hall–Kier alpha value is -6.25. The maximum Gasteiger partial charge on any atom is 0.416 e. The molecule has 5 nitrogen and oxygen atoms in total. The predicted octanol–water partition coefficient (Wildman–Crippen LogP) is 9.53. The molecule has 0 spiro atoms. The molecule has 5 aromatic carbocycles. The molecule has 0 atom stereocenters. The van der Waals surface area contributed by atoms with Crippen LogP contribution in [0.1, 0.15) is 27.8 Å². The summed E-state index contributed by atoms with van der Waals surface area (Å²) in [6.07, 6.45) is -9.26. The normalized spacial score (nSPS) is 12.1. The summed E-state index contributed by atoms with van der Waals surface area (Å²) in [5.41, 5.74) is -0.744. The molecule has 7 aromatic rings. The smallest absolute Gasteiger partial charge is 0.307 e. The number of benzene rings is 5. The highest BCUT2D eigenvalue weighted by Gasteiger charge is 2.33. The van der Waals surface area contributed by atoms with Crippen LogP contribution in [-0.4, -0.2) is 9.13 Å². The fraction of sp³-hybridized carbons (Fsp3) is 0.0571. The van der Waals surface area contributed by atoms with Crippen molar-refractivity contribution in [2.75, 3.05) is 0 Å². The molecule has 0 aliphatic rings. The molecule has 46 heavy (non-hydrogen) atoms. The van der Waals surface area contributed by atoms with Gasteiger partial charge in [-0.15, -0.1) is 0 Å². The van der Waals surface area contributed by atoms with E-state index >= 15 is 0 Å². The van der Waals surface area contributed by atoms with Crippen LogP contribution < -0.4 is 0 Å². The maximum atomic E-state index is 13.7. The Kier molecular flexibility index (Phi) is 6.13. The molecule has 0 N–H and O–H groups in total. The van der Waals surface area contributed by atoms with Crippen LogP contribution in [0.3, 0.4) is 0 Å². The first-order chi connectivity index (χ1) is 22.0. The third-order valence-corrected chi connectivity index (χ3v) is 8.07. The van der Waals surface area contributed by atoms with Crippen LogP contribution in [0.4, 0.5) is 26.3 Å². The van der Waals surface area contributed by atoms with E-state index in [4.69, 9.17) is 0 Å². The van der Waals surface area contributed by atoms with Gasteiger partial charge in [-0.1, -0.05) is 36.4 Å². The van der Waals surface area contributed by atoms with Gasteiger partial charge in [0.15, 0.2) is 0 Å². The monoisotopic (exact) mass is 619 g/mol. The fourth-order valence-electron chi connectivity index (χ4n) is 6.18. The molecule has 0 saturated carbocycles. The molecule has 0 fully saturated rings. The van der Waals surface area contributed by atoms with Gasteiger partial charge in [-0.25, -0.2) is 0 Å². The van der Waals surface area contributed by atoms with Gasteiger partial charge < -0.3 is 9.13 Å². The van der Waals surface area contributed by atoms with Crippen molar-refractivity contribution in [3.8, 4) is 29.6 Å². The minimum absolute atomic E-state index is 0.0165. The van der Waals surface area contributed by atoms with Gasteiger partial charge in [0.2, 0.25) is 0 Å². The van der Waals surface area contributed by atoms with Gasteiger partial charge >= 0.3 is 12.4 Å². The van der Waals surface area contributed by atoms with Crippen molar-refractivity contribution in [3.05, 3.63) is 119 Å². The Morgan fingerprint density at radius 2 is 0.848 bits per heavy atom. The topological polar surface area (TPSA) is 81.2 Å².